The molecule has 0 amide bonds. The van der Waals surface area contributed by atoms with E-state index in [0.29, 0.717) is 33.9 Å². The number of rotatable bonds is 5. The Labute approximate surface area is 428 Å². The lowest BCUT2D eigenvalue weighted by atomic mass is 9.98. The van der Waals surface area contributed by atoms with Crippen LogP contribution in [-0.2, 0) is 0 Å². The summed E-state index contributed by atoms with van der Waals surface area (Å²) in [6.45, 7) is 0. The van der Waals surface area contributed by atoms with Crippen molar-refractivity contribution < 1.29 is 0 Å². The zero-order valence-electron chi connectivity index (χ0n) is 40.1. The molecule has 16 aromatic rings. The Morgan fingerprint density at radius 2 is 0.493 bits per heavy atom. The Balaban J connectivity index is 1.22. The van der Waals surface area contributed by atoms with Crippen molar-refractivity contribution >= 4 is 109 Å². The van der Waals surface area contributed by atoms with Crippen molar-refractivity contribution in [3.05, 3.63) is 248 Å². The van der Waals surface area contributed by atoms with Gasteiger partial charge in [0.1, 0.15) is 23.3 Å². The van der Waals surface area contributed by atoms with Crippen LogP contribution in [0.1, 0.15) is 11.1 Å². The smallest absolute Gasteiger partial charge is 0.104 e. The highest BCUT2D eigenvalue weighted by molar-refractivity contribution is 6.27. The summed E-state index contributed by atoms with van der Waals surface area (Å²) in [6, 6.07) is 88.7. The van der Waals surface area contributed by atoms with Crippen LogP contribution in [0.4, 0.5) is 0 Å². The predicted molar refractivity (Wildman–Crippen MR) is 308 cm³/mol. The molecule has 0 aliphatic rings. The lowest BCUT2D eigenvalue weighted by Gasteiger charge is -2.27. The zero-order chi connectivity index (χ0) is 49.5. The van der Waals surface area contributed by atoms with Crippen LogP contribution >= 0.6 is 0 Å². The molecular formula is C68H39N7. The summed E-state index contributed by atoms with van der Waals surface area (Å²) in [5, 5.41) is 36.0. The van der Waals surface area contributed by atoms with Gasteiger partial charge in [-0.3, -0.25) is 0 Å². The van der Waals surface area contributed by atoms with Gasteiger partial charge in [0, 0.05) is 59.5 Å². The average molecular weight is 954 g/mol. The van der Waals surface area contributed by atoms with Gasteiger partial charge in [-0.2, -0.15) is 10.5 Å². The van der Waals surface area contributed by atoms with Gasteiger partial charge in [-0.15, -0.1) is 0 Å². The number of fused-ring (bicyclic) bond motifs is 16. The van der Waals surface area contributed by atoms with E-state index in [0.717, 1.165) is 115 Å². The zero-order valence-corrected chi connectivity index (χ0v) is 40.1. The molecule has 0 N–H and O–H groups in total. The molecule has 7 heteroatoms. The average Bonchev–Trinajstić information content (AvgIpc) is 4.32. The molecule has 5 aromatic heterocycles. The van der Waals surface area contributed by atoms with Gasteiger partial charge in [-0.05, 0) is 66.7 Å². The van der Waals surface area contributed by atoms with Crippen LogP contribution in [0.15, 0.2) is 237 Å². The molecular weight excluding hydrogens is 915 g/mol. The normalized spacial score (nSPS) is 12.0. The van der Waals surface area contributed by atoms with E-state index in [-0.39, 0.29) is 0 Å². The molecule has 7 nitrogen and oxygen atoms in total. The van der Waals surface area contributed by atoms with Crippen molar-refractivity contribution in [3.63, 3.8) is 0 Å². The van der Waals surface area contributed by atoms with Crippen LogP contribution < -0.4 is 0 Å². The molecule has 0 atom stereocenters. The molecule has 11 aromatic carbocycles. The summed E-state index contributed by atoms with van der Waals surface area (Å²) < 4.78 is 11.4. The standard InChI is InChI=1S/C68H39N7/c69-40-52-65(72-55-31-13-4-22-43(55)44-23-5-14-32-56(44)72)66(73-57-33-15-6-24-45(57)46-25-7-16-34-58(46)73)53(41-70)68(67(52)74-59-35-17-8-26-47(59)48-27-9-18-36-60(48)74)75-61-37-19-11-29-51(61)63-62(75)39-38-50-49-28-10-12-30-54(49)71(64(50)63)42-20-2-1-3-21-42/h1-39H. The first-order chi connectivity index (χ1) is 37.2. The van der Waals surface area contributed by atoms with Gasteiger partial charge < -0.3 is 22.8 Å². The Hall–Kier alpha value is -10.6. The largest absolute Gasteiger partial charge is 0.309 e. The van der Waals surface area contributed by atoms with Crippen molar-refractivity contribution in [1.82, 2.24) is 22.8 Å². The second kappa shape index (κ2) is 15.5. The minimum Gasteiger partial charge on any atom is -0.309 e. The second-order valence-electron chi connectivity index (χ2n) is 19.4. The number of para-hydroxylation sites is 9. The minimum atomic E-state index is 0.417. The molecule has 0 fully saturated rings. The lowest BCUT2D eigenvalue weighted by molar-refractivity contribution is 1.02. The third kappa shape index (κ3) is 5.40. The first-order valence-electron chi connectivity index (χ1n) is 25.2. The highest BCUT2D eigenvalue weighted by atomic mass is 15.1. The minimum absolute atomic E-state index is 0.417. The maximum absolute atomic E-state index is 12.7. The van der Waals surface area contributed by atoms with Gasteiger partial charge in [0.05, 0.1) is 77.9 Å². The molecule has 75 heavy (non-hydrogen) atoms. The quantitative estimate of drug-likeness (QED) is 0.172. The van der Waals surface area contributed by atoms with Gasteiger partial charge in [-0.1, -0.05) is 170 Å². The first-order valence-corrected chi connectivity index (χ1v) is 25.2. The van der Waals surface area contributed by atoms with Gasteiger partial charge >= 0.3 is 0 Å². The molecule has 0 spiro atoms. The molecule has 0 radical (unpaired) electrons. The summed E-state index contributed by atoms with van der Waals surface area (Å²) in [7, 11) is 0. The molecule has 5 heterocycles. The number of aromatic nitrogens is 5. The van der Waals surface area contributed by atoms with Crippen LogP contribution in [0, 0.1) is 22.7 Å². The lowest BCUT2D eigenvalue weighted by Crippen LogP contribution is -2.16. The summed E-state index contributed by atoms with van der Waals surface area (Å²) in [5.41, 5.74) is 13.9. The third-order valence-corrected chi connectivity index (χ3v) is 15.7. The van der Waals surface area contributed by atoms with Crippen molar-refractivity contribution in [2.24, 2.45) is 0 Å². The predicted octanol–water partition coefficient (Wildman–Crippen LogP) is 16.9. The van der Waals surface area contributed by atoms with Crippen LogP contribution in [0.5, 0.6) is 0 Å². The van der Waals surface area contributed by atoms with Gasteiger partial charge in [-0.25, -0.2) is 0 Å². The maximum Gasteiger partial charge on any atom is 0.104 e. The van der Waals surface area contributed by atoms with E-state index in [9.17, 15) is 10.5 Å². The molecule has 0 aliphatic heterocycles. The molecule has 0 bridgehead atoms. The first kappa shape index (κ1) is 41.1. The van der Waals surface area contributed by atoms with E-state index in [1.54, 1.807) is 0 Å². The molecule has 346 valence electrons. The van der Waals surface area contributed by atoms with Crippen LogP contribution in [0.3, 0.4) is 0 Å². The second-order valence-corrected chi connectivity index (χ2v) is 19.4. The molecule has 0 saturated heterocycles. The fourth-order valence-corrected chi connectivity index (χ4v) is 12.9. The van der Waals surface area contributed by atoms with E-state index in [1.807, 2.05) is 0 Å². The fourth-order valence-electron chi connectivity index (χ4n) is 12.9. The van der Waals surface area contributed by atoms with Crippen molar-refractivity contribution in [1.29, 1.82) is 10.5 Å². The highest BCUT2D eigenvalue weighted by Gasteiger charge is 2.35. The number of nitriles is 2. The number of benzene rings is 11. The number of hydrogen-bond acceptors (Lipinski definition) is 2. The van der Waals surface area contributed by atoms with Crippen LogP contribution in [0.2, 0.25) is 0 Å². The Bertz CT molecular complexity index is 5060. The topological polar surface area (TPSA) is 72.2 Å². The molecule has 16 rings (SSSR count). The summed E-state index contributed by atoms with van der Waals surface area (Å²) in [5.74, 6) is 0. The number of hydrogen-bond donors (Lipinski definition) is 0. The van der Waals surface area contributed by atoms with E-state index < -0.39 is 0 Å². The Morgan fingerprint density at radius 1 is 0.227 bits per heavy atom. The van der Waals surface area contributed by atoms with E-state index in [4.69, 9.17) is 0 Å². The van der Waals surface area contributed by atoms with Crippen molar-refractivity contribution in [2.75, 3.05) is 0 Å². The van der Waals surface area contributed by atoms with Crippen LogP contribution in [-0.4, -0.2) is 22.8 Å². The van der Waals surface area contributed by atoms with Gasteiger partial charge in [0.15, 0.2) is 0 Å². The van der Waals surface area contributed by atoms with Crippen molar-refractivity contribution in [2.45, 2.75) is 0 Å². The van der Waals surface area contributed by atoms with E-state index >= 15 is 0 Å². The van der Waals surface area contributed by atoms with Gasteiger partial charge in [0.25, 0.3) is 0 Å². The van der Waals surface area contributed by atoms with Crippen LogP contribution in [0.25, 0.3) is 137 Å². The molecule has 0 aliphatic carbocycles. The monoisotopic (exact) mass is 953 g/mol. The maximum atomic E-state index is 12.7. The molecule has 0 saturated carbocycles. The summed E-state index contributed by atoms with van der Waals surface area (Å²) >= 11 is 0. The van der Waals surface area contributed by atoms with Crippen molar-refractivity contribution in [3.8, 4) is 40.6 Å². The fraction of sp³-hybridized carbons (Fsp3) is 0. The third-order valence-electron chi connectivity index (χ3n) is 15.7. The summed E-state index contributed by atoms with van der Waals surface area (Å²) in [6.07, 6.45) is 0. The molecule has 0 unspecified atom stereocenters. The number of nitrogens with zero attached hydrogens (tertiary/aromatic N) is 7. The van der Waals surface area contributed by atoms with E-state index in [2.05, 4.69) is 272 Å². The highest BCUT2D eigenvalue weighted by Crippen LogP contribution is 2.50. The Morgan fingerprint density at radius 3 is 0.840 bits per heavy atom. The summed E-state index contributed by atoms with van der Waals surface area (Å²) in [4.78, 5) is 0. The Kier molecular flexibility index (Phi) is 8.46. The van der Waals surface area contributed by atoms with E-state index in [1.165, 1.54) is 0 Å². The SMILES string of the molecule is N#Cc1c(-n2c3ccccc3c3ccccc32)c(-n2c3ccccc3c3ccccc32)c(C#N)c(-n2c3ccccc3c3c2ccc2c4ccccc4n(-c4ccccc4)c23)c1-n1c2ccccc2c2ccccc21. The van der Waals surface area contributed by atoms with Gasteiger partial charge in [0.2, 0.25) is 0 Å².